The number of aromatic carboxylic acids is 1. The maximum absolute atomic E-state index is 11.0. The maximum atomic E-state index is 11.0. The summed E-state index contributed by atoms with van der Waals surface area (Å²) in [4.78, 5) is 19.9. The number of halogens is 3. The van der Waals surface area contributed by atoms with Gasteiger partial charge in [-0.3, -0.25) is 0 Å². The molecule has 0 saturated heterocycles. The highest BCUT2D eigenvalue weighted by atomic mass is 19.4. The zero-order chi connectivity index (χ0) is 21.8. The van der Waals surface area contributed by atoms with Crippen LogP contribution in [0.4, 0.5) is 13.2 Å². The molecule has 10 heteroatoms. The Morgan fingerprint density at radius 1 is 1.21 bits per heavy atom. The molecular formula is C19H21F3N2O5. The molecule has 3 rings (SSSR count). The van der Waals surface area contributed by atoms with E-state index in [0.717, 1.165) is 29.9 Å². The van der Waals surface area contributed by atoms with Gasteiger partial charge in [0.25, 0.3) is 0 Å². The van der Waals surface area contributed by atoms with E-state index in [4.69, 9.17) is 19.5 Å². The van der Waals surface area contributed by atoms with Gasteiger partial charge in [-0.2, -0.15) is 13.2 Å². The highest BCUT2D eigenvalue weighted by Gasteiger charge is 2.38. The van der Waals surface area contributed by atoms with Crippen LogP contribution in [-0.4, -0.2) is 39.5 Å². The highest BCUT2D eigenvalue weighted by Crippen LogP contribution is 2.24. The van der Waals surface area contributed by atoms with Gasteiger partial charge in [-0.25, -0.2) is 9.59 Å². The molecule has 1 unspecified atom stereocenters. The Morgan fingerprint density at radius 2 is 1.83 bits per heavy atom. The maximum Gasteiger partial charge on any atom is 0.490 e. The Morgan fingerprint density at radius 3 is 2.34 bits per heavy atom. The standard InChI is InChI=1S/C17H20N2O3.C2HF3O2/c1-10(2)16-8-15(22-19-16)9-18-14-6-11-3-4-12(17(20)21)5-13(11)7-14;3-2(4,5)1(6)7/h3-5,8,10,14,18H,6-7,9H2,1-2H3,(H,20,21);(H,6,7). The van der Waals surface area contributed by atoms with Gasteiger partial charge in [-0.15, -0.1) is 0 Å². The average Bonchev–Trinajstić information content (AvgIpc) is 3.25. The highest BCUT2D eigenvalue weighted by molar-refractivity contribution is 5.88. The van der Waals surface area contributed by atoms with Crippen molar-refractivity contribution in [3.8, 4) is 0 Å². The van der Waals surface area contributed by atoms with Crippen LogP contribution >= 0.6 is 0 Å². The van der Waals surface area contributed by atoms with Crippen LogP contribution in [-0.2, 0) is 24.2 Å². The van der Waals surface area contributed by atoms with Crippen LogP contribution in [0.25, 0.3) is 0 Å². The second-order valence-corrected chi connectivity index (χ2v) is 6.95. The third kappa shape index (κ3) is 6.31. The first-order chi connectivity index (χ1) is 13.5. The van der Waals surface area contributed by atoms with Crippen LogP contribution in [0.2, 0.25) is 0 Å². The molecule has 1 heterocycles. The molecule has 1 aliphatic rings. The SMILES string of the molecule is CC(C)c1cc(CNC2Cc3ccc(C(=O)O)cc3C2)on1.O=C(O)C(F)(F)F. The van der Waals surface area contributed by atoms with Crippen LogP contribution in [0.1, 0.15) is 52.7 Å². The topological polar surface area (TPSA) is 113 Å². The van der Waals surface area contributed by atoms with Crippen LogP contribution in [0.3, 0.4) is 0 Å². The van der Waals surface area contributed by atoms with Crippen LogP contribution in [0.5, 0.6) is 0 Å². The first-order valence-electron chi connectivity index (χ1n) is 8.81. The van der Waals surface area contributed by atoms with Gasteiger partial charge in [0.2, 0.25) is 0 Å². The van der Waals surface area contributed by atoms with Crippen molar-refractivity contribution < 1.29 is 37.5 Å². The molecule has 0 amide bonds. The summed E-state index contributed by atoms with van der Waals surface area (Å²) < 4.78 is 37.1. The molecule has 3 N–H and O–H groups in total. The Balaban J connectivity index is 0.000000370. The van der Waals surface area contributed by atoms with E-state index in [2.05, 4.69) is 24.3 Å². The van der Waals surface area contributed by atoms with Gasteiger partial charge in [0.1, 0.15) is 0 Å². The summed E-state index contributed by atoms with van der Waals surface area (Å²) >= 11 is 0. The number of rotatable bonds is 5. The van der Waals surface area contributed by atoms with Gasteiger partial charge in [-0.1, -0.05) is 25.1 Å². The van der Waals surface area contributed by atoms with E-state index in [0.29, 0.717) is 24.1 Å². The smallest absolute Gasteiger partial charge is 0.478 e. The lowest BCUT2D eigenvalue weighted by Gasteiger charge is -2.09. The number of aromatic nitrogens is 1. The second-order valence-electron chi connectivity index (χ2n) is 6.95. The molecule has 0 fully saturated rings. The number of hydrogen-bond donors (Lipinski definition) is 3. The molecule has 158 valence electrons. The molecule has 0 spiro atoms. The minimum atomic E-state index is -5.08. The minimum Gasteiger partial charge on any atom is -0.478 e. The molecule has 0 bridgehead atoms. The van der Waals surface area contributed by atoms with Gasteiger partial charge in [0.15, 0.2) is 5.76 Å². The van der Waals surface area contributed by atoms with E-state index in [9.17, 15) is 18.0 Å². The number of nitrogens with one attached hydrogen (secondary N) is 1. The van der Waals surface area contributed by atoms with Crippen LogP contribution < -0.4 is 5.32 Å². The summed E-state index contributed by atoms with van der Waals surface area (Å²) in [5.74, 6) is -2.43. The van der Waals surface area contributed by atoms with E-state index in [1.807, 2.05) is 12.1 Å². The van der Waals surface area contributed by atoms with Crippen molar-refractivity contribution in [2.45, 2.75) is 51.4 Å². The molecule has 0 saturated carbocycles. The molecule has 1 aliphatic carbocycles. The Hall–Kier alpha value is -2.88. The van der Waals surface area contributed by atoms with Crippen molar-refractivity contribution in [2.75, 3.05) is 0 Å². The van der Waals surface area contributed by atoms with E-state index in [-0.39, 0.29) is 0 Å². The predicted octanol–water partition coefficient (Wildman–Crippen LogP) is 3.39. The summed E-state index contributed by atoms with van der Waals surface area (Å²) in [5.41, 5.74) is 3.68. The van der Waals surface area contributed by atoms with Crippen molar-refractivity contribution in [3.05, 3.63) is 52.4 Å². The molecule has 29 heavy (non-hydrogen) atoms. The van der Waals surface area contributed by atoms with E-state index >= 15 is 0 Å². The third-order valence-electron chi connectivity index (χ3n) is 4.36. The number of nitrogens with zero attached hydrogens (tertiary/aromatic N) is 1. The number of carboxylic acids is 2. The first kappa shape index (κ1) is 22.4. The lowest BCUT2D eigenvalue weighted by atomic mass is 10.1. The van der Waals surface area contributed by atoms with E-state index < -0.39 is 18.1 Å². The number of carboxylic acid groups (broad SMARTS) is 2. The fourth-order valence-corrected chi connectivity index (χ4v) is 2.82. The molecular weight excluding hydrogens is 393 g/mol. The zero-order valence-corrected chi connectivity index (χ0v) is 15.8. The molecule has 1 atom stereocenters. The first-order valence-corrected chi connectivity index (χ1v) is 8.81. The van der Waals surface area contributed by atoms with Gasteiger partial charge < -0.3 is 20.1 Å². The molecule has 2 aromatic rings. The number of alkyl halides is 3. The van der Waals surface area contributed by atoms with Crippen molar-refractivity contribution in [2.24, 2.45) is 0 Å². The lowest BCUT2D eigenvalue weighted by molar-refractivity contribution is -0.192. The summed E-state index contributed by atoms with van der Waals surface area (Å²) in [6.07, 6.45) is -3.32. The van der Waals surface area contributed by atoms with E-state index in [1.54, 1.807) is 12.1 Å². The Kier molecular flexibility index (Phi) is 7.02. The van der Waals surface area contributed by atoms with Crippen molar-refractivity contribution in [3.63, 3.8) is 0 Å². The monoisotopic (exact) mass is 414 g/mol. The van der Waals surface area contributed by atoms with Crippen LogP contribution in [0, 0.1) is 0 Å². The largest absolute Gasteiger partial charge is 0.490 e. The average molecular weight is 414 g/mol. The molecule has 1 aromatic heterocycles. The van der Waals surface area contributed by atoms with Crippen LogP contribution in [0.15, 0.2) is 28.8 Å². The quantitative estimate of drug-likeness (QED) is 0.687. The van der Waals surface area contributed by atoms with Crippen molar-refractivity contribution in [1.29, 1.82) is 0 Å². The molecule has 0 aliphatic heterocycles. The normalized spacial score (nSPS) is 15.6. The number of hydrogen-bond acceptors (Lipinski definition) is 5. The third-order valence-corrected chi connectivity index (χ3v) is 4.36. The van der Waals surface area contributed by atoms with Gasteiger partial charge >= 0.3 is 18.1 Å². The predicted molar refractivity (Wildman–Crippen MR) is 95.7 cm³/mol. The summed E-state index contributed by atoms with van der Waals surface area (Å²) in [7, 11) is 0. The lowest BCUT2D eigenvalue weighted by Crippen LogP contribution is -2.28. The zero-order valence-electron chi connectivity index (χ0n) is 15.8. The summed E-state index contributed by atoms with van der Waals surface area (Å²) in [6, 6.07) is 7.68. The molecule has 7 nitrogen and oxygen atoms in total. The van der Waals surface area contributed by atoms with Gasteiger partial charge in [-0.05, 0) is 42.0 Å². The second kappa shape index (κ2) is 9.08. The van der Waals surface area contributed by atoms with E-state index in [1.165, 1.54) is 5.56 Å². The number of carbonyl (C=O) groups is 2. The number of fused-ring (bicyclic) bond motifs is 1. The molecule has 1 aromatic carbocycles. The van der Waals surface area contributed by atoms with Crippen molar-refractivity contribution >= 4 is 11.9 Å². The van der Waals surface area contributed by atoms with Gasteiger partial charge in [0.05, 0.1) is 17.8 Å². The fourth-order valence-electron chi connectivity index (χ4n) is 2.82. The summed E-state index contributed by atoms with van der Waals surface area (Å²) in [6.45, 7) is 4.82. The Labute approximate surface area is 164 Å². The van der Waals surface area contributed by atoms with Gasteiger partial charge in [0, 0.05) is 12.1 Å². The molecule has 0 radical (unpaired) electrons. The Bertz CT molecular complexity index is 877. The van der Waals surface area contributed by atoms with Crippen molar-refractivity contribution in [1.82, 2.24) is 10.5 Å². The minimum absolute atomic E-state index is 0.312. The fraction of sp³-hybridized carbons (Fsp3) is 0.421. The summed E-state index contributed by atoms with van der Waals surface area (Å²) in [5, 5.41) is 23.7. The number of benzene rings is 1. The number of aliphatic carboxylic acids is 1.